The van der Waals surface area contributed by atoms with Crippen LogP contribution in [0.4, 0.5) is 0 Å². The standard InChI is InChI=1S/C9H13BrN4O/c10-8-7(5-13-14-8)9(15)12-4-6-1-2-11-3-6/h5-6,11H,1-4H2,(H,12,15)(H,13,14). The summed E-state index contributed by atoms with van der Waals surface area (Å²) in [5, 5.41) is 12.6. The quantitative estimate of drug-likeness (QED) is 0.751. The number of carbonyl (C=O) groups is 1. The van der Waals surface area contributed by atoms with Crippen molar-refractivity contribution < 1.29 is 4.79 Å². The predicted molar refractivity (Wildman–Crippen MR) is 59.6 cm³/mol. The largest absolute Gasteiger partial charge is 0.352 e. The zero-order valence-electron chi connectivity index (χ0n) is 8.22. The molecule has 3 N–H and O–H groups in total. The van der Waals surface area contributed by atoms with Crippen LogP contribution in [0.3, 0.4) is 0 Å². The Hall–Kier alpha value is -0.880. The van der Waals surface area contributed by atoms with Crippen LogP contribution in [0, 0.1) is 5.92 Å². The molecule has 1 aliphatic rings. The molecule has 0 saturated carbocycles. The second-order valence-electron chi connectivity index (χ2n) is 3.67. The van der Waals surface area contributed by atoms with Crippen molar-refractivity contribution in [3.8, 4) is 0 Å². The average molecular weight is 273 g/mol. The Kier molecular flexibility index (Phi) is 3.37. The number of H-pyrrole nitrogens is 1. The second kappa shape index (κ2) is 4.76. The number of nitrogens with one attached hydrogen (secondary N) is 3. The molecule has 5 nitrogen and oxygen atoms in total. The minimum absolute atomic E-state index is 0.0810. The van der Waals surface area contributed by atoms with Crippen molar-refractivity contribution >= 4 is 21.8 Å². The van der Waals surface area contributed by atoms with Crippen LogP contribution in [0.25, 0.3) is 0 Å². The van der Waals surface area contributed by atoms with E-state index in [4.69, 9.17) is 0 Å². The SMILES string of the molecule is O=C(NCC1CCNC1)c1cn[nH]c1Br. The van der Waals surface area contributed by atoms with E-state index in [1.807, 2.05) is 0 Å². The molecule has 1 atom stereocenters. The molecule has 1 saturated heterocycles. The van der Waals surface area contributed by atoms with Gasteiger partial charge in [-0.1, -0.05) is 0 Å². The van der Waals surface area contributed by atoms with Crippen molar-refractivity contribution in [3.05, 3.63) is 16.4 Å². The third-order valence-electron chi connectivity index (χ3n) is 2.55. The molecule has 0 radical (unpaired) electrons. The van der Waals surface area contributed by atoms with Gasteiger partial charge in [0.2, 0.25) is 0 Å². The molecule has 6 heteroatoms. The molecule has 0 bridgehead atoms. The van der Waals surface area contributed by atoms with E-state index in [-0.39, 0.29) is 5.91 Å². The molecule has 2 rings (SSSR count). The zero-order valence-corrected chi connectivity index (χ0v) is 9.80. The van der Waals surface area contributed by atoms with Gasteiger partial charge in [-0.25, -0.2) is 0 Å². The summed E-state index contributed by atoms with van der Waals surface area (Å²) in [6.45, 7) is 2.77. The average Bonchev–Trinajstić information content (AvgIpc) is 2.84. The number of halogens is 1. The van der Waals surface area contributed by atoms with Gasteiger partial charge in [-0.15, -0.1) is 0 Å². The summed E-state index contributed by atoms with van der Waals surface area (Å²) in [5.74, 6) is 0.474. The van der Waals surface area contributed by atoms with Crippen LogP contribution in [0.1, 0.15) is 16.8 Å². The molecule has 82 valence electrons. The van der Waals surface area contributed by atoms with E-state index in [9.17, 15) is 4.79 Å². The number of amides is 1. The first-order chi connectivity index (χ1) is 7.27. The van der Waals surface area contributed by atoms with Crippen LogP contribution in [-0.2, 0) is 0 Å². The minimum atomic E-state index is -0.0810. The fourth-order valence-electron chi connectivity index (χ4n) is 1.65. The summed E-state index contributed by atoms with van der Waals surface area (Å²) in [4.78, 5) is 11.7. The third kappa shape index (κ3) is 2.57. The van der Waals surface area contributed by atoms with Gasteiger partial charge in [0.05, 0.1) is 11.8 Å². The lowest BCUT2D eigenvalue weighted by molar-refractivity contribution is 0.0947. The zero-order chi connectivity index (χ0) is 10.7. The molecule has 0 aliphatic carbocycles. The van der Waals surface area contributed by atoms with Crippen LogP contribution in [0.5, 0.6) is 0 Å². The Morgan fingerprint density at radius 2 is 2.60 bits per heavy atom. The molecule has 1 unspecified atom stereocenters. The van der Waals surface area contributed by atoms with E-state index in [0.717, 1.165) is 26.1 Å². The Morgan fingerprint density at radius 1 is 1.73 bits per heavy atom. The van der Waals surface area contributed by atoms with E-state index in [0.29, 0.717) is 16.1 Å². The van der Waals surface area contributed by atoms with Gasteiger partial charge >= 0.3 is 0 Å². The summed E-state index contributed by atoms with van der Waals surface area (Å²) in [6, 6.07) is 0. The van der Waals surface area contributed by atoms with Gasteiger partial charge in [-0.3, -0.25) is 9.89 Å². The molecule has 0 spiro atoms. The third-order valence-corrected chi connectivity index (χ3v) is 3.16. The van der Waals surface area contributed by atoms with Crippen LogP contribution in [0.15, 0.2) is 10.8 Å². The first-order valence-electron chi connectivity index (χ1n) is 4.95. The molecule has 2 heterocycles. The first kappa shape index (κ1) is 10.6. The number of hydrogen-bond acceptors (Lipinski definition) is 3. The molecule has 1 aromatic rings. The number of aromatic nitrogens is 2. The molecular formula is C9H13BrN4O. The smallest absolute Gasteiger partial charge is 0.255 e. The molecule has 15 heavy (non-hydrogen) atoms. The topological polar surface area (TPSA) is 69.8 Å². The fourth-order valence-corrected chi connectivity index (χ4v) is 2.03. The highest BCUT2D eigenvalue weighted by Gasteiger charge is 2.17. The van der Waals surface area contributed by atoms with Gasteiger partial charge in [0.25, 0.3) is 5.91 Å². The highest BCUT2D eigenvalue weighted by atomic mass is 79.9. The summed E-state index contributed by atoms with van der Waals surface area (Å²) < 4.78 is 0.629. The minimum Gasteiger partial charge on any atom is -0.352 e. The molecule has 1 fully saturated rings. The van der Waals surface area contributed by atoms with Crippen LogP contribution in [0.2, 0.25) is 0 Å². The lowest BCUT2D eigenvalue weighted by Crippen LogP contribution is -2.30. The lowest BCUT2D eigenvalue weighted by atomic mass is 10.1. The van der Waals surface area contributed by atoms with E-state index in [1.54, 1.807) is 0 Å². The van der Waals surface area contributed by atoms with Gasteiger partial charge in [0.15, 0.2) is 0 Å². The molecule has 0 aromatic carbocycles. The van der Waals surface area contributed by atoms with E-state index in [2.05, 4.69) is 36.8 Å². The number of carbonyl (C=O) groups excluding carboxylic acids is 1. The highest BCUT2D eigenvalue weighted by Crippen LogP contribution is 2.12. The number of aromatic amines is 1. The van der Waals surface area contributed by atoms with Gasteiger partial charge in [0.1, 0.15) is 4.60 Å². The Morgan fingerprint density at radius 3 is 3.20 bits per heavy atom. The molecular weight excluding hydrogens is 260 g/mol. The highest BCUT2D eigenvalue weighted by molar-refractivity contribution is 9.10. The lowest BCUT2D eigenvalue weighted by Gasteiger charge is -2.09. The Balaban J connectivity index is 1.84. The number of hydrogen-bond donors (Lipinski definition) is 3. The maximum absolute atomic E-state index is 11.7. The number of nitrogens with zero attached hydrogens (tertiary/aromatic N) is 1. The normalized spacial score (nSPS) is 20.5. The Bertz CT molecular complexity index is 346. The van der Waals surface area contributed by atoms with Gasteiger partial charge in [-0.05, 0) is 41.4 Å². The van der Waals surface area contributed by atoms with Crippen LogP contribution >= 0.6 is 15.9 Å². The molecule has 1 aromatic heterocycles. The van der Waals surface area contributed by atoms with Crippen LogP contribution < -0.4 is 10.6 Å². The van der Waals surface area contributed by atoms with Crippen molar-refractivity contribution in [2.75, 3.05) is 19.6 Å². The summed E-state index contributed by atoms with van der Waals surface area (Å²) in [6.07, 6.45) is 2.65. The van der Waals surface area contributed by atoms with Gasteiger partial charge in [-0.2, -0.15) is 5.10 Å². The number of rotatable bonds is 3. The molecule has 1 aliphatic heterocycles. The second-order valence-corrected chi connectivity index (χ2v) is 4.46. The summed E-state index contributed by atoms with van der Waals surface area (Å²) in [7, 11) is 0. The van der Waals surface area contributed by atoms with Crippen molar-refractivity contribution in [1.82, 2.24) is 20.8 Å². The van der Waals surface area contributed by atoms with Gasteiger partial charge in [0, 0.05) is 6.54 Å². The fraction of sp³-hybridized carbons (Fsp3) is 0.556. The van der Waals surface area contributed by atoms with Crippen LogP contribution in [-0.4, -0.2) is 35.7 Å². The van der Waals surface area contributed by atoms with Crippen molar-refractivity contribution in [1.29, 1.82) is 0 Å². The summed E-state index contributed by atoms with van der Waals surface area (Å²) in [5.41, 5.74) is 0.556. The van der Waals surface area contributed by atoms with Crippen molar-refractivity contribution in [3.63, 3.8) is 0 Å². The molecule has 1 amide bonds. The maximum atomic E-state index is 11.7. The first-order valence-corrected chi connectivity index (χ1v) is 5.74. The monoisotopic (exact) mass is 272 g/mol. The van der Waals surface area contributed by atoms with Crippen molar-refractivity contribution in [2.45, 2.75) is 6.42 Å². The summed E-state index contributed by atoms with van der Waals surface area (Å²) >= 11 is 3.23. The Labute approximate surface area is 96.1 Å². The predicted octanol–water partition coefficient (Wildman–Crippen LogP) is 0.512. The van der Waals surface area contributed by atoms with E-state index >= 15 is 0 Å². The van der Waals surface area contributed by atoms with Gasteiger partial charge < -0.3 is 10.6 Å². The maximum Gasteiger partial charge on any atom is 0.255 e. The van der Waals surface area contributed by atoms with Crippen molar-refractivity contribution in [2.24, 2.45) is 5.92 Å². The van der Waals surface area contributed by atoms with E-state index < -0.39 is 0 Å². The van der Waals surface area contributed by atoms with E-state index in [1.165, 1.54) is 6.20 Å².